The maximum atomic E-state index is 13.4. The van der Waals surface area contributed by atoms with Gasteiger partial charge in [-0.2, -0.15) is 0 Å². The lowest BCUT2D eigenvalue weighted by Crippen LogP contribution is -2.52. The van der Waals surface area contributed by atoms with Crippen molar-refractivity contribution in [3.05, 3.63) is 35.8 Å². The van der Waals surface area contributed by atoms with Gasteiger partial charge in [0, 0.05) is 49.5 Å². The number of amides is 3. The molecular weight excluding hydrogens is 351 g/mol. The number of aromatic amines is 1. The number of nitrogens with one attached hydrogen (secondary N) is 2. The first-order chi connectivity index (χ1) is 12.8. The number of hydrogen-bond donors (Lipinski definition) is 3. The van der Waals surface area contributed by atoms with Crippen molar-refractivity contribution in [3.8, 4) is 0 Å². The fraction of sp³-hybridized carbons (Fsp3) is 0.421. The zero-order valence-electron chi connectivity index (χ0n) is 15.1. The van der Waals surface area contributed by atoms with Crippen molar-refractivity contribution >= 4 is 28.6 Å². The van der Waals surface area contributed by atoms with Crippen LogP contribution < -0.4 is 11.1 Å². The zero-order valence-corrected chi connectivity index (χ0v) is 15.1. The van der Waals surface area contributed by atoms with Gasteiger partial charge in [-0.25, -0.2) is 4.39 Å². The Morgan fingerprint density at radius 3 is 2.67 bits per heavy atom. The summed E-state index contributed by atoms with van der Waals surface area (Å²) in [5.74, 6) is -1.39. The summed E-state index contributed by atoms with van der Waals surface area (Å²) in [6.45, 7) is 2.23. The van der Waals surface area contributed by atoms with Crippen LogP contribution >= 0.6 is 0 Å². The Balaban J connectivity index is 1.76. The molecule has 1 saturated heterocycles. The van der Waals surface area contributed by atoms with E-state index in [0.717, 1.165) is 10.9 Å². The van der Waals surface area contributed by atoms with Crippen molar-refractivity contribution in [2.24, 2.45) is 11.7 Å². The molecule has 0 radical (unpaired) electrons. The van der Waals surface area contributed by atoms with Gasteiger partial charge in [0.15, 0.2) is 0 Å². The van der Waals surface area contributed by atoms with Crippen LogP contribution in [0.15, 0.2) is 24.4 Å². The standard InChI is InChI=1S/C19H23FN4O3/c1-11(25)23-17(19(27)24-6-4-12(5-7-24)18(21)26)8-13-10-22-16-9-14(20)2-3-15(13)16/h2-3,9-10,12,17,22H,4-8H2,1H3,(H2,21,26)(H,23,25). The van der Waals surface area contributed by atoms with Crippen molar-refractivity contribution in [1.29, 1.82) is 0 Å². The van der Waals surface area contributed by atoms with Crippen molar-refractivity contribution in [1.82, 2.24) is 15.2 Å². The maximum absolute atomic E-state index is 13.4. The van der Waals surface area contributed by atoms with Gasteiger partial charge in [-0.05, 0) is 36.6 Å². The lowest BCUT2D eigenvalue weighted by atomic mass is 9.95. The smallest absolute Gasteiger partial charge is 0.245 e. The lowest BCUT2D eigenvalue weighted by Gasteiger charge is -2.33. The van der Waals surface area contributed by atoms with Crippen LogP contribution in [-0.4, -0.2) is 46.7 Å². The summed E-state index contributed by atoms with van der Waals surface area (Å²) in [4.78, 5) is 40.5. The Hall–Kier alpha value is -2.90. The van der Waals surface area contributed by atoms with Gasteiger partial charge in [0.05, 0.1) is 0 Å². The largest absolute Gasteiger partial charge is 0.369 e. The van der Waals surface area contributed by atoms with Gasteiger partial charge < -0.3 is 20.9 Å². The van der Waals surface area contributed by atoms with Gasteiger partial charge in [0.2, 0.25) is 17.7 Å². The number of piperidine rings is 1. The molecule has 1 fully saturated rings. The average molecular weight is 374 g/mol. The molecule has 1 aliphatic rings. The summed E-state index contributed by atoms with van der Waals surface area (Å²) < 4.78 is 13.4. The minimum absolute atomic E-state index is 0.190. The molecule has 0 bridgehead atoms. The number of likely N-dealkylation sites (tertiary alicyclic amines) is 1. The number of H-pyrrole nitrogens is 1. The summed E-state index contributed by atoms with van der Waals surface area (Å²) in [6, 6.07) is 3.69. The van der Waals surface area contributed by atoms with Crippen molar-refractivity contribution in [3.63, 3.8) is 0 Å². The van der Waals surface area contributed by atoms with Crippen LogP contribution in [0.4, 0.5) is 4.39 Å². The predicted octanol–water partition coefficient (Wildman–Crippen LogP) is 1.08. The molecule has 1 aliphatic heterocycles. The quantitative estimate of drug-likeness (QED) is 0.729. The maximum Gasteiger partial charge on any atom is 0.245 e. The van der Waals surface area contributed by atoms with E-state index in [0.29, 0.717) is 37.9 Å². The van der Waals surface area contributed by atoms with Crippen LogP contribution in [0.2, 0.25) is 0 Å². The second-order valence-electron chi connectivity index (χ2n) is 6.96. The molecule has 1 atom stereocenters. The second-order valence-corrected chi connectivity index (χ2v) is 6.96. The van der Waals surface area contributed by atoms with Crippen LogP contribution in [0.3, 0.4) is 0 Å². The monoisotopic (exact) mass is 374 g/mol. The van der Waals surface area contributed by atoms with E-state index in [2.05, 4.69) is 10.3 Å². The van der Waals surface area contributed by atoms with Crippen LogP contribution in [-0.2, 0) is 20.8 Å². The molecule has 8 heteroatoms. The summed E-state index contributed by atoms with van der Waals surface area (Å²) >= 11 is 0. The Labute approximate surface area is 156 Å². The molecule has 0 saturated carbocycles. The summed E-state index contributed by atoms with van der Waals surface area (Å²) in [6.07, 6.45) is 3.08. The highest BCUT2D eigenvalue weighted by molar-refractivity contribution is 5.89. The molecule has 27 heavy (non-hydrogen) atoms. The van der Waals surface area contributed by atoms with Crippen molar-refractivity contribution in [2.75, 3.05) is 13.1 Å². The third-order valence-electron chi connectivity index (χ3n) is 5.04. The number of hydrogen-bond acceptors (Lipinski definition) is 3. The number of benzene rings is 1. The van der Waals surface area contributed by atoms with Crippen molar-refractivity contribution in [2.45, 2.75) is 32.2 Å². The Kier molecular flexibility index (Phi) is 5.43. The molecule has 2 heterocycles. The molecule has 1 aromatic heterocycles. The molecule has 3 rings (SSSR count). The normalized spacial score (nSPS) is 16.3. The fourth-order valence-corrected chi connectivity index (χ4v) is 3.60. The van der Waals surface area contributed by atoms with E-state index >= 15 is 0 Å². The van der Waals surface area contributed by atoms with E-state index < -0.39 is 6.04 Å². The third-order valence-corrected chi connectivity index (χ3v) is 5.04. The van der Waals surface area contributed by atoms with Crippen LogP contribution in [0.25, 0.3) is 10.9 Å². The molecule has 0 spiro atoms. The van der Waals surface area contributed by atoms with E-state index in [1.807, 2.05) is 0 Å². The molecule has 7 nitrogen and oxygen atoms in total. The van der Waals surface area contributed by atoms with Crippen molar-refractivity contribution < 1.29 is 18.8 Å². The van der Waals surface area contributed by atoms with Gasteiger partial charge >= 0.3 is 0 Å². The Morgan fingerprint density at radius 1 is 1.33 bits per heavy atom. The number of carbonyl (C=O) groups excluding carboxylic acids is 3. The van der Waals surface area contributed by atoms with E-state index in [1.165, 1.54) is 19.1 Å². The number of nitrogens with two attached hydrogens (primary N) is 1. The first-order valence-electron chi connectivity index (χ1n) is 8.96. The number of carbonyl (C=O) groups is 3. The zero-order chi connectivity index (χ0) is 19.6. The highest BCUT2D eigenvalue weighted by Gasteiger charge is 2.31. The highest BCUT2D eigenvalue weighted by Crippen LogP contribution is 2.22. The molecule has 2 aromatic rings. The Morgan fingerprint density at radius 2 is 2.04 bits per heavy atom. The SMILES string of the molecule is CC(=O)NC(Cc1c[nH]c2cc(F)ccc12)C(=O)N1CCC(C(N)=O)CC1. The van der Waals surface area contributed by atoms with Gasteiger partial charge in [-0.1, -0.05) is 0 Å². The molecule has 1 aromatic carbocycles. The van der Waals surface area contributed by atoms with Crippen LogP contribution in [0.1, 0.15) is 25.3 Å². The first-order valence-corrected chi connectivity index (χ1v) is 8.96. The van der Waals surface area contributed by atoms with Crippen LogP contribution in [0.5, 0.6) is 0 Å². The average Bonchev–Trinajstić information content (AvgIpc) is 3.02. The van der Waals surface area contributed by atoms with E-state index in [1.54, 1.807) is 17.2 Å². The summed E-state index contributed by atoms with van der Waals surface area (Å²) in [5, 5.41) is 3.53. The van der Waals surface area contributed by atoms with E-state index in [4.69, 9.17) is 5.73 Å². The molecule has 4 N–H and O–H groups in total. The van der Waals surface area contributed by atoms with Gasteiger partial charge in [0.1, 0.15) is 11.9 Å². The van der Waals surface area contributed by atoms with E-state index in [-0.39, 0.29) is 29.5 Å². The molecular formula is C19H23FN4O3. The van der Waals surface area contributed by atoms with Gasteiger partial charge in [0.25, 0.3) is 0 Å². The second kappa shape index (κ2) is 7.77. The molecule has 0 aliphatic carbocycles. The number of rotatable bonds is 5. The van der Waals surface area contributed by atoms with E-state index in [9.17, 15) is 18.8 Å². The first kappa shape index (κ1) is 18.9. The molecule has 144 valence electrons. The lowest BCUT2D eigenvalue weighted by molar-refractivity contribution is -0.138. The van der Waals surface area contributed by atoms with Gasteiger partial charge in [-0.15, -0.1) is 0 Å². The topological polar surface area (TPSA) is 108 Å². The minimum atomic E-state index is -0.725. The van der Waals surface area contributed by atoms with Gasteiger partial charge in [-0.3, -0.25) is 14.4 Å². The third kappa shape index (κ3) is 4.27. The number of fused-ring (bicyclic) bond motifs is 1. The minimum Gasteiger partial charge on any atom is -0.369 e. The predicted molar refractivity (Wildman–Crippen MR) is 98.1 cm³/mol. The number of aromatic nitrogens is 1. The molecule has 3 amide bonds. The Bertz CT molecular complexity index is 871. The number of nitrogens with zero attached hydrogens (tertiary/aromatic N) is 1. The van der Waals surface area contributed by atoms with Crippen LogP contribution in [0, 0.1) is 11.7 Å². The number of primary amides is 1. The number of halogens is 1. The summed E-state index contributed by atoms with van der Waals surface area (Å²) in [7, 11) is 0. The molecule has 1 unspecified atom stereocenters. The summed E-state index contributed by atoms with van der Waals surface area (Å²) in [5.41, 5.74) is 6.80. The fourth-order valence-electron chi connectivity index (χ4n) is 3.60. The highest BCUT2D eigenvalue weighted by atomic mass is 19.1.